The summed E-state index contributed by atoms with van der Waals surface area (Å²) < 4.78 is 1.58. The van der Waals surface area contributed by atoms with Crippen LogP contribution in [0.5, 0.6) is 0 Å². The average Bonchev–Trinajstić information content (AvgIpc) is 3.08. The van der Waals surface area contributed by atoms with Crippen molar-refractivity contribution < 1.29 is 14.4 Å². The van der Waals surface area contributed by atoms with E-state index < -0.39 is 0 Å². The number of aryl methyl sites for hydroxylation is 1. The normalized spacial score (nSPS) is 13.3. The highest BCUT2D eigenvalue weighted by Crippen LogP contribution is 2.24. The Morgan fingerprint density at radius 3 is 2.58 bits per heavy atom. The summed E-state index contributed by atoms with van der Waals surface area (Å²) in [7, 11) is 1.75. The lowest BCUT2D eigenvalue weighted by Crippen LogP contribution is -2.30. The number of amides is 3. The molecule has 2 heterocycles. The zero-order chi connectivity index (χ0) is 17.3. The van der Waals surface area contributed by atoms with E-state index in [1.54, 1.807) is 30.1 Å². The molecule has 3 amide bonds. The number of nitrogens with one attached hydrogen (secondary N) is 1. The van der Waals surface area contributed by atoms with Gasteiger partial charge in [-0.05, 0) is 24.6 Å². The van der Waals surface area contributed by atoms with Crippen molar-refractivity contribution in [3.63, 3.8) is 0 Å². The fourth-order valence-corrected chi connectivity index (χ4v) is 2.62. The van der Waals surface area contributed by atoms with Crippen molar-refractivity contribution in [1.29, 1.82) is 0 Å². The Balaban J connectivity index is 1.82. The first-order chi connectivity index (χ1) is 11.5. The molecule has 1 aliphatic heterocycles. The van der Waals surface area contributed by atoms with Gasteiger partial charge in [0.25, 0.3) is 17.7 Å². The molecule has 0 spiro atoms. The second-order valence-corrected chi connectivity index (χ2v) is 5.70. The van der Waals surface area contributed by atoms with Crippen molar-refractivity contribution in [1.82, 2.24) is 14.7 Å². The number of fused-ring (bicyclic) bond motifs is 1. The Morgan fingerprint density at radius 1 is 1.17 bits per heavy atom. The van der Waals surface area contributed by atoms with Gasteiger partial charge in [-0.25, -0.2) is 0 Å². The highest BCUT2D eigenvalue weighted by atomic mass is 16.2. The van der Waals surface area contributed by atoms with E-state index in [1.807, 2.05) is 6.92 Å². The molecule has 1 aliphatic rings. The van der Waals surface area contributed by atoms with E-state index >= 15 is 0 Å². The summed E-state index contributed by atoms with van der Waals surface area (Å²) in [5, 5.41) is 6.74. The van der Waals surface area contributed by atoms with Crippen LogP contribution < -0.4 is 5.32 Å². The number of carbonyl (C=O) groups is 3. The predicted octanol–water partition coefficient (Wildman–Crippen LogP) is 2.07. The Kier molecular flexibility index (Phi) is 4.16. The van der Waals surface area contributed by atoms with Gasteiger partial charge in [0.05, 0.1) is 11.1 Å². The van der Waals surface area contributed by atoms with Gasteiger partial charge in [0.1, 0.15) is 0 Å². The van der Waals surface area contributed by atoms with Gasteiger partial charge in [0, 0.05) is 31.4 Å². The van der Waals surface area contributed by atoms with Crippen molar-refractivity contribution in [2.75, 3.05) is 11.9 Å². The van der Waals surface area contributed by atoms with Gasteiger partial charge in [-0.2, -0.15) is 5.10 Å². The van der Waals surface area contributed by atoms with Crippen molar-refractivity contribution >= 4 is 23.5 Å². The lowest BCUT2D eigenvalue weighted by molar-refractivity contribution is 0.0652. The summed E-state index contributed by atoms with van der Waals surface area (Å²) in [5.74, 6) is -0.574. The Hall–Kier alpha value is -2.96. The zero-order valence-corrected chi connectivity index (χ0v) is 13.6. The molecule has 1 aromatic heterocycles. The van der Waals surface area contributed by atoms with Crippen LogP contribution in [-0.2, 0) is 7.05 Å². The number of benzene rings is 1. The molecule has 124 valence electrons. The second-order valence-electron chi connectivity index (χ2n) is 5.70. The van der Waals surface area contributed by atoms with E-state index in [4.69, 9.17) is 0 Å². The minimum absolute atomic E-state index is 0.282. The van der Waals surface area contributed by atoms with Gasteiger partial charge >= 0.3 is 0 Å². The number of aromatic nitrogens is 2. The molecule has 0 bridgehead atoms. The summed E-state index contributed by atoms with van der Waals surface area (Å²) in [5.41, 5.74) is 0.952. The number of carbonyl (C=O) groups excluding carboxylic acids is 3. The van der Waals surface area contributed by atoms with Gasteiger partial charge in [0.15, 0.2) is 5.82 Å². The quantitative estimate of drug-likeness (QED) is 0.853. The smallest absolute Gasteiger partial charge is 0.261 e. The first-order valence-electron chi connectivity index (χ1n) is 7.82. The lowest BCUT2D eigenvalue weighted by Gasteiger charge is -2.12. The minimum atomic E-state index is -0.372. The Bertz CT molecular complexity index is 825. The molecule has 1 N–H and O–H groups in total. The molecule has 0 atom stereocenters. The molecule has 3 rings (SSSR count). The van der Waals surface area contributed by atoms with Crippen LogP contribution in [0.15, 0.2) is 30.5 Å². The zero-order valence-electron chi connectivity index (χ0n) is 13.6. The highest BCUT2D eigenvalue weighted by Gasteiger charge is 2.35. The van der Waals surface area contributed by atoms with Gasteiger partial charge in [0.2, 0.25) is 0 Å². The highest BCUT2D eigenvalue weighted by molar-refractivity contribution is 6.22. The van der Waals surface area contributed by atoms with E-state index in [2.05, 4.69) is 10.4 Å². The number of anilines is 1. The van der Waals surface area contributed by atoms with Gasteiger partial charge in [-0.1, -0.05) is 13.3 Å². The molecule has 0 saturated heterocycles. The van der Waals surface area contributed by atoms with Crippen molar-refractivity contribution in [3.05, 3.63) is 47.2 Å². The molecule has 0 radical (unpaired) electrons. The maximum atomic E-state index is 12.4. The third kappa shape index (κ3) is 2.80. The topological polar surface area (TPSA) is 84.3 Å². The summed E-state index contributed by atoms with van der Waals surface area (Å²) in [6.45, 7) is 2.40. The molecule has 2 aromatic rings. The first-order valence-corrected chi connectivity index (χ1v) is 7.82. The number of nitrogens with zero attached hydrogens (tertiary/aromatic N) is 3. The van der Waals surface area contributed by atoms with Crippen LogP contribution in [0.2, 0.25) is 0 Å². The predicted molar refractivity (Wildman–Crippen MR) is 87.9 cm³/mol. The number of imide groups is 1. The van der Waals surface area contributed by atoms with E-state index in [0.717, 1.165) is 12.8 Å². The molecule has 0 fully saturated rings. The fraction of sp³-hybridized carbons (Fsp3) is 0.294. The molecule has 24 heavy (non-hydrogen) atoms. The van der Waals surface area contributed by atoms with E-state index in [-0.39, 0.29) is 23.3 Å². The Morgan fingerprint density at radius 2 is 1.92 bits per heavy atom. The van der Waals surface area contributed by atoms with Crippen LogP contribution in [0.1, 0.15) is 50.8 Å². The van der Waals surface area contributed by atoms with E-state index in [1.165, 1.54) is 17.0 Å². The van der Waals surface area contributed by atoms with Gasteiger partial charge in [-0.3, -0.25) is 24.0 Å². The summed E-state index contributed by atoms with van der Waals surface area (Å²) in [4.78, 5) is 38.2. The summed E-state index contributed by atoms with van der Waals surface area (Å²) in [6, 6.07) is 6.23. The summed E-state index contributed by atoms with van der Waals surface area (Å²) >= 11 is 0. The fourth-order valence-electron chi connectivity index (χ4n) is 2.62. The maximum Gasteiger partial charge on any atom is 0.261 e. The average molecular weight is 326 g/mol. The van der Waals surface area contributed by atoms with Crippen LogP contribution in [0.25, 0.3) is 0 Å². The summed E-state index contributed by atoms with van der Waals surface area (Å²) in [6.07, 6.45) is 3.37. The lowest BCUT2D eigenvalue weighted by atomic mass is 10.1. The van der Waals surface area contributed by atoms with Crippen LogP contribution in [0.3, 0.4) is 0 Å². The third-order valence-electron chi connectivity index (χ3n) is 3.92. The molecule has 0 saturated carbocycles. The van der Waals surface area contributed by atoms with E-state index in [0.29, 0.717) is 23.5 Å². The molecule has 0 unspecified atom stereocenters. The SMILES string of the molecule is CCCCN1C(=O)c2ccc(C(=O)Nc3ccn(C)n3)cc2C1=O. The number of rotatable bonds is 5. The monoisotopic (exact) mass is 326 g/mol. The van der Waals surface area contributed by atoms with Gasteiger partial charge < -0.3 is 5.32 Å². The molecule has 1 aromatic carbocycles. The molecule has 7 heteroatoms. The van der Waals surface area contributed by atoms with Crippen LogP contribution >= 0.6 is 0 Å². The largest absolute Gasteiger partial charge is 0.305 e. The van der Waals surface area contributed by atoms with Crippen molar-refractivity contribution in [3.8, 4) is 0 Å². The first kappa shape index (κ1) is 15.9. The second kappa shape index (κ2) is 6.27. The molecule has 0 aliphatic carbocycles. The Labute approximate surface area is 139 Å². The minimum Gasteiger partial charge on any atom is -0.305 e. The van der Waals surface area contributed by atoms with Gasteiger partial charge in [-0.15, -0.1) is 0 Å². The van der Waals surface area contributed by atoms with Crippen LogP contribution in [0, 0.1) is 0 Å². The number of hydrogen-bond acceptors (Lipinski definition) is 4. The molecular weight excluding hydrogens is 308 g/mol. The third-order valence-corrected chi connectivity index (χ3v) is 3.92. The molecule has 7 nitrogen and oxygen atoms in total. The number of hydrogen-bond donors (Lipinski definition) is 1. The van der Waals surface area contributed by atoms with Crippen molar-refractivity contribution in [2.24, 2.45) is 7.05 Å². The standard InChI is InChI=1S/C17H18N4O3/c1-3-4-8-21-16(23)12-6-5-11(10-13(12)17(21)24)15(22)18-14-7-9-20(2)19-14/h5-7,9-10H,3-4,8H2,1-2H3,(H,18,19,22). The van der Waals surface area contributed by atoms with Crippen LogP contribution in [0.4, 0.5) is 5.82 Å². The van der Waals surface area contributed by atoms with E-state index in [9.17, 15) is 14.4 Å². The van der Waals surface area contributed by atoms with Crippen molar-refractivity contribution in [2.45, 2.75) is 19.8 Å². The maximum absolute atomic E-state index is 12.4. The van der Waals surface area contributed by atoms with Crippen LogP contribution in [-0.4, -0.2) is 38.9 Å². The molecular formula is C17H18N4O3. The number of unbranched alkanes of at least 4 members (excludes halogenated alkanes) is 1.